The van der Waals surface area contributed by atoms with E-state index in [-0.39, 0.29) is 11.4 Å². The van der Waals surface area contributed by atoms with Gasteiger partial charge in [-0.05, 0) is 25.0 Å². The molecule has 3 rings (SSSR count). The fraction of sp³-hybridized carbons (Fsp3) is 0.357. The topological polar surface area (TPSA) is 68.0 Å². The highest BCUT2D eigenvalue weighted by molar-refractivity contribution is 5.75. The number of nitrogens with zero attached hydrogens (tertiary/aromatic N) is 3. The van der Waals surface area contributed by atoms with Crippen molar-refractivity contribution < 1.29 is 23.1 Å². The van der Waals surface area contributed by atoms with Crippen LogP contribution in [-0.2, 0) is 17.5 Å². The van der Waals surface area contributed by atoms with E-state index in [4.69, 9.17) is 0 Å². The van der Waals surface area contributed by atoms with E-state index in [1.165, 1.54) is 12.1 Å². The Bertz CT molecular complexity index is 724. The minimum atomic E-state index is -4.44. The number of aromatic nitrogens is 3. The van der Waals surface area contributed by atoms with Gasteiger partial charge in [0, 0.05) is 12.1 Å². The SMILES string of the molecule is O=C(O)C1CCCn2c(-c3cccc(C(F)(F)F)c3)nnc21. The second-order valence-corrected chi connectivity index (χ2v) is 5.15. The molecule has 1 aliphatic rings. The molecule has 116 valence electrons. The van der Waals surface area contributed by atoms with Crippen LogP contribution in [0.3, 0.4) is 0 Å². The number of carbonyl (C=O) groups is 1. The lowest BCUT2D eigenvalue weighted by molar-refractivity contribution is -0.139. The van der Waals surface area contributed by atoms with E-state index in [9.17, 15) is 23.1 Å². The fourth-order valence-corrected chi connectivity index (χ4v) is 2.66. The summed E-state index contributed by atoms with van der Waals surface area (Å²) < 4.78 is 40.0. The summed E-state index contributed by atoms with van der Waals surface area (Å²) in [5, 5.41) is 17.0. The van der Waals surface area contributed by atoms with E-state index in [0.29, 0.717) is 25.2 Å². The van der Waals surface area contributed by atoms with E-state index < -0.39 is 23.6 Å². The Kier molecular flexibility index (Phi) is 3.38. The molecular weight excluding hydrogens is 299 g/mol. The Balaban J connectivity index is 2.06. The molecule has 0 aliphatic carbocycles. The van der Waals surface area contributed by atoms with Crippen LogP contribution in [0.2, 0.25) is 0 Å². The Hall–Kier alpha value is -2.38. The molecule has 1 aromatic heterocycles. The number of aliphatic carboxylic acids is 1. The van der Waals surface area contributed by atoms with Crippen LogP contribution in [0.25, 0.3) is 11.4 Å². The highest BCUT2D eigenvalue weighted by Crippen LogP contribution is 2.34. The van der Waals surface area contributed by atoms with Crippen molar-refractivity contribution in [3.63, 3.8) is 0 Å². The maximum atomic E-state index is 12.8. The van der Waals surface area contributed by atoms with Crippen LogP contribution in [0.1, 0.15) is 30.1 Å². The van der Waals surface area contributed by atoms with Crippen LogP contribution in [0.15, 0.2) is 24.3 Å². The lowest BCUT2D eigenvalue weighted by Crippen LogP contribution is -2.22. The molecule has 0 radical (unpaired) electrons. The average Bonchev–Trinajstić information content (AvgIpc) is 2.90. The van der Waals surface area contributed by atoms with Gasteiger partial charge in [0.25, 0.3) is 0 Å². The number of carboxylic acid groups (broad SMARTS) is 1. The molecule has 0 saturated heterocycles. The molecule has 1 unspecified atom stereocenters. The van der Waals surface area contributed by atoms with Crippen molar-refractivity contribution in [2.45, 2.75) is 31.5 Å². The Labute approximate surface area is 123 Å². The van der Waals surface area contributed by atoms with Crippen molar-refractivity contribution in [3.8, 4) is 11.4 Å². The molecule has 0 spiro atoms. The molecule has 1 aliphatic heterocycles. The molecule has 5 nitrogen and oxygen atoms in total. The summed E-state index contributed by atoms with van der Waals surface area (Å²) in [4.78, 5) is 11.2. The summed E-state index contributed by atoms with van der Waals surface area (Å²) in [6.45, 7) is 0.498. The van der Waals surface area contributed by atoms with Gasteiger partial charge < -0.3 is 9.67 Å². The second kappa shape index (κ2) is 5.11. The number of benzene rings is 1. The van der Waals surface area contributed by atoms with Crippen molar-refractivity contribution in [2.75, 3.05) is 0 Å². The molecule has 2 heterocycles. The standard InChI is InChI=1S/C14H12F3N3O2/c15-14(16,17)9-4-1-3-8(7-9)11-18-19-12-10(13(21)22)5-2-6-20(11)12/h1,3-4,7,10H,2,5-6H2,(H,21,22). The van der Waals surface area contributed by atoms with Crippen LogP contribution >= 0.6 is 0 Å². The van der Waals surface area contributed by atoms with Crippen molar-refractivity contribution in [1.82, 2.24) is 14.8 Å². The predicted molar refractivity (Wildman–Crippen MR) is 70.1 cm³/mol. The van der Waals surface area contributed by atoms with Gasteiger partial charge in [-0.15, -0.1) is 10.2 Å². The van der Waals surface area contributed by atoms with Gasteiger partial charge in [-0.3, -0.25) is 4.79 Å². The first-order chi connectivity index (χ1) is 10.4. The highest BCUT2D eigenvalue weighted by atomic mass is 19.4. The Morgan fingerprint density at radius 3 is 2.77 bits per heavy atom. The number of rotatable bonds is 2. The van der Waals surface area contributed by atoms with Crippen LogP contribution in [0.4, 0.5) is 13.2 Å². The Morgan fingerprint density at radius 2 is 2.09 bits per heavy atom. The van der Waals surface area contributed by atoms with Gasteiger partial charge >= 0.3 is 12.1 Å². The first kappa shape index (κ1) is 14.6. The van der Waals surface area contributed by atoms with Crippen LogP contribution in [0.5, 0.6) is 0 Å². The zero-order chi connectivity index (χ0) is 15.9. The quantitative estimate of drug-likeness (QED) is 0.926. The normalized spacial score (nSPS) is 18.0. The molecule has 1 aromatic carbocycles. The second-order valence-electron chi connectivity index (χ2n) is 5.15. The molecule has 0 saturated carbocycles. The molecular formula is C14H12F3N3O2. The zero-order valence-corrected chi connectivity index (χ0v) is 11.3. The smallest absolute Gasteiger partial charge is 0.416 e. The largest absolute Gasteiger partial charge is 0.481 e. The Morgan fingerprint density at radius 1 is 1.32 bits per heavy atom. The molecule has 0 amide bonds. The van der Waals surface area contributed by atoms with Gasteiger partial charge in [0.2, 0.25) is 0 Å². The van der Waals surface area contributed by atoms with E-state index in [1.54, 1.807) is 4.57 Å². The molecule has 0 bridgehead atoms. The number of carboxylic acids is 1. The minimum absolute atomic E-state index is 0.270. The first-order valence-corrected chi connectivity index (χ1v) is 6.71. The first-order valence-electron chi connectivity index (χ1n) is 6.71. The maximum Gasteiger partial charge on any atom is 0.416 e. The van der Waals surface area contributed by atoms with Crippen molar-refractivity contribution in [3.05, 3.63) is 35.7 Å². The van der Waals surface area contributed by atoms with Crippen LogP contribution in [-0.4, -0.2) is 25.8 Å². The third-order valence-electron chi connectivity index (χ3n) is 3.71. The predicted octanol–water partition coefficient (Wildman–Crippen LogP) is 2.93. The summed E-state index contributed by atoms with van der Waals surface area (Å²) in [7, 11) is 0. The van der Waals surface area contributed by atoms with Crippen molar-refractivity contribution in [2.24, 2.45) is 0 Å². The maximum absolute atomic E-state index is 12.8. The molecule has 0 fully saturated rings. The molecule has 1 N–H and O–H groups in total. The molecule has 2 aromatic rings. The van der Waals surface area contributed by atoms with E-state index in [2.05, 4.69) is 10.2 Å². The van der Waals surface area contributed by atoms with Gasteiger partial charge in [0.1, 0.15) is 11.7 Å². The number of alkyl halides is 3. The number of hydrogen-bond donors (Lipinski definition) is 1. The summed E-state index contributed by atoms with van der Waals surface area (Å²) in [6, 6.07) is 4.80. The van der Waals surface area contributed by atoms with Crippen molar-refractivity contribution in [1.29, 1.82) is 0 Å². The number of fused-ring (bicyclic) bond motifs is 1. The van der Waals surface area contributed by atoms with Gasteiger partial charge in [0.15, 0.2) is 5.82 Å². The van der Waals surface area contributed by atoms with E-state index >= 15 is 0 Å². The summed E-state index contributed by atoms with van der Waals surface area (Å²) >= 11 is 0. The van der Waals surface area contributed by atoms with Gasteiger partial charge in [-0.2, -0.15) is 13.2 Å². The minimum Gasteiger partial charge on any atom is -0.481 e. The molecule has 1 atom stereocenters. The van der Waals surface area contributed by atoms with E-state index in [1.807, 2.05) is 0 Å². The number of hydrogen-bond acceptors (Lipinski definition) is 3. The monoisotopic (exact) mass is 311 g/mol. The van der Waals surface area contributed by atoms with Crippen molar-refractivity contribution >= 4 is 5.97 Å². The third kappa shape index (κ3) is 2.44. The van der Waals surface area contributed by atoms with Gasteiger partial charge in [-0.25, -0.2) is 0 Å². The highest BCUT2D eigenvalue weighted by Gasteiger charge is 2.33. The third-order valence-corrected chi connectivity index (χ3v) is 3.71. The summed E-state index contributed by atoms with van der Waals surface area (Å²) in [5.41, 5.74) is -0.493. The van der Waals surface area contributed by atoms with Gasteiger partial charge in [-0.1, -0.05) is 12.1 Å². The zero-order valence-electron chi connectivity index (χ0n) is 11.3. The van der Waals surface area contributed by atoms with Crippen LogP contribution in [0, 0.1) is 0 Å². The number of halogens is 3. The lowest BCUT2D eigenvalue weighted by Gasteiger charge is -2.20. The molecule has 22 heavy (non-hydrogen) atoms. The van der Waals surface area contributed by atoms with Gasteiger partial charge in [0.05, 0.1) is 5.56 Å². The molecule has 8 heteroatoms. The lowest BCUT2D eigenvalue weighted by atomic mass is 9.99. The average molecular weight is 311 g/mol. The summed E-state index contributed by atoms with van der Waals surface area (Å²) in [5.74, 6) is -1.19. The van der Waals surface area contributed by atoms with Crippen LogP contribution < -0.4 is 0 Å². The summed E-state index contributed by atoms with van der Waals surface area (Å²) in [6.07, 6.45) is -3.37. The van der Waals surface area contributed by atoms with E-state index in [0.717, 1.165) is 12.1 Å². The fourth-order valence-electron chi connectivity index (χ4n) is 2.66.